The zero-order valence-electron chi connectivity index (χ0n) is 13.7. The predicted molar refractivity (Wildman–Crippen MR) is 88.9 cm³/mol. The lowest BCUT2D eigenvalue weighted by molar-refractivity contribution is 0.0970. The van der Waals surface area contributed by atoms with Crippen LogP contribution in [0.3, 0.4) is 0 Å². The number of hydrogen-bond acceptors (Lipinski definition) is 3. The van der Waals surface area contributed by atoms with Crippen molar-refractivity contribution in [2.45, 2.75) is 52.0 Å². The first-order valence-electron chi connectivity index (χ1n) is 8.31. The van der Waals surface area contributed by atoms with Gasteiger partial charge in [-0.15, -0.1) is 0 Å². The summed E-state index contributed by atoms with van der Waals surface area (Å²) in [6, 6.07) is 8.19. The fraction of sp³-hybridized carbons (Fsp3) is 0.667. The van der Waals surface area contributed by atoms with Crippen LogP contribution >= 0.6 is 0 Å². The van der Waals surface area contributed by atoms with Gasteiger partial charge in [-0.05, 0) is 31.2 Å². The molecule has 0 bridgehead atoms. The van der Waals surface area contributed by atoms with E-state index in [0.29, 0.717) is 13.2 Å². The molecule has 3 nitrogen and oxygen atoms in total. The topological polar surface area (TPSA) is 30.5 Å². The molecule has 0 fully saturated rings. The molecular weight excluding hydrogens is 262 g/mol. The van der Waals surface area contributed by atoms with E-state index in [9.17, 15) is 0 Å². The zero-order valence-corrected chi connectivity index (χ0v) is 13.7. The third-order valence-corrected chi connectivity index (χ3v) is 3.42. The normalized spacial score (nSPS) is 10.8. The number of hydrogen-bond donors (Lipinski definition) is 1. The maximum atomic E-state index is 5.70. The molecule has 1 aromatic carbocycles. The standard InChI is InChI=1S/C18H31NO2/c1-3-4-5-6-7-8-12-20-13-14-21-18-11-9-10-17(15-18)16-19-2/h9-11,15,19H,3-8,12-14,16H2,1-2H3. The molecule has 0 radical (unpaired) electrons. The summed E-state index contributed by atoms with van der Waals surface area (Å²) in [4.78, 5) is 0. The molecule has 0 spiro atoms. The van der Waals surface area contributed by atoms with Crippen molar-refractivity contribution in [1.29, 1.82) is 0 Å². The van der Waals surface area contributed by atoms with Crippen LogP contribution < -0.4 is 10.1 Å². The molecule has 1 aromatic rings. The van der Waals surface area contributed by atoms with E-state index in [2.05, 4.69) is 24.4 Å². The SMILES string of the molecule is CCCCCCCCOCCOc1cccc(CNC)c1. The summed E-state index contributed by atoms with van der Waals surface area (Å²) in [5.41, 5.74) is 1.24. The van der Waals surface area contributed by atoms with Gasteiger partial charge >= 0.3 is 0 Å². The third-order valence-electron chi connectivity index (χ3n) is 3.42. The Balaban J connectivity index is 1.97. The average Bonchev–Trinajstić information content (AvgIpc) is 2.50. The summed E-state index contributed by atoms with van der Waals surface area (Å²) < 4.78 is 11.3. The van der Waals surface area contributed by atoms with Gasteiger partial charge in [0.05, 0.1) is 6.61 Å². The highest BCUT2D eigenvalue weighted by atomic mass is 16.5. The van der Waals surface area contributed by atoms with Gasteiger partial charge in [0.25, 0.3) is 0 Å². The fourth-order valence-corrected chi connectivity index (χ4v) is 2.25. The monoisotopic (exact) mass is 293 g/mol. The molecule has 0 aliphatic heterocycles. The van der Waals surface area contributed by atoms with Gasteiger partial charge in [-0.2, -0.15) is 0 Å². The van der Waals surface area contributed by atoms with Gasteiger partial charge in [0.2, 0.25) is 0 Å². The van der Waals surface area contributed by atoms with Gasteiger partial charge in [0.1, 0.15) is 12.4 Å². The van der Waals surface area contributed by atoms with Crippen LogP contribution in [0.5, 0.6) is 5.75 Å². The molecule has 0 aromatic heterocycles. The first-order chi connectivity index (χ1) is 10.4. The summed E-state index contributed by atoms with van der Waals surface area (Å²) in [6.45, 7) is 5.27. The summed E-state index contributed by atoms with van der Waals surface area (Å²) in [6.07, 6.45) is 7.83. The number of rotatable bonds is 13. The number of benzene rings is 1. The molecule has 0 aliphatic carbocycles. The Hall–Kier alpha value is -1.06. The number of unbranched alkanes of at least 4 members (excludes halogenated alkanes) is 5. The van der Waals surface area contributed by atoms with Crippen molar-refractivity contribution in [3.63, 3.8) is 0 Å². The Labute approximate surface area is 130 Å². The van der Waals surface area contributed by atoms with Crippen molar-refractivity contribution in [3.05, 3.63) is 29.8 Å². The van der Waals surface area contributed by atoms with E-state index in [-0.39, 0.29) is 0 Å². The number of nitrogens with one attached hydrogen (secondary N) is 1. The molecule has 0 saturated carbocycles. The highest BCUT2D eigenvalue weighted by molar-refractivity contribution is 5.28. The van der Waals surface area contributed by atoms with E-state index in [1.807, 2.05) is 19.2 Å². The van der Waals surface area contributed by atoms with Crippen LogP contribution in [-0.2, 0) is 11.3 Å². The molecule has 0 amide bonds. The van der Waals surface area contributed by atoms with Crippen LogP contribution in [0.25, 0.3) is 0 Å². The maximum Gasteiger partial charge on any atom is 0.119 e. The lowest BCUT2D eigenvalue weighted by atomic mass is 10.1. The van der Waals surface area contributed by atoms with E-state index < -0.39 is 0 Å². The van der Waals surface area contributed by atoms with E-state index >= 15 is 0 Å². The van der Waals surface area contributed by atoms with Crippen LogP contribution in [-0.4, -0.2) is 26.9 Å². The van der Waals surface area contributed by atoms with Crippen molar-refractivity contribution >= 4 is 0 Å². The lowest BCUT2D eigenvalue weighted by Gasteiger charge is -2.08. The van der Waals surface area contributed by atoms with Crippen molar-refractivity contribution < 1.29 is 9.47 Å². The van der Waals surface area contributed by atoms with Crippen LogP contribution in [0.15, 0.2) is 24.3 Å². The second kappa shape index (κ2) is 12.7. The molecule has 120 valence electrons. The van der Waals surface area contributed by atoms with E-state index in [1.165, 1.54) is 44.1 Å². The van der Waals surface area contributed by atoms with Crippen LogP contribution in [0, 0.1) is 0 Å². The highest BCUT2D eigenvalue weighted by Crippen LogP contribution is 2.13. The molecule has 0 unspecified atom stereocenters. The smallest absolute Gasteiger partial charge is 0.119 e. The quantitative estimate of drug-likeness (QED) is 0.554. The molecule has 0 aliphatic rings. The summed E-state index contributed by atoms with van der Waals surface area (Å²) in [5, 5.41) is 3.14. The van der Waals surface area contributed by atoms with Gasteiger partial charge < -0.3 is 14.8 Å². The van der Waals surface area contributed by atoms with E-state index in [1.54, 1.807) is 0 Å². The molecule has 3 heteroatoms. The Bertz CT molecular complexity index is 355. The van der Waals surface area contributed by atoms with Crippen molar-refractivity contribution in [2.24, 2.45) is 0 Å². The van der Waals surface area contributed by atoms with Crippen molar-refractivity contribution in [1.82, 2.24) is 5.32 Å². The molecule has 0 heterocycles. The molecule has 21 heavy (non-hydrogen) atoms. The van der Waals surface area contributed by atoms with Gasteiger partial charge in [-0.25, -0.2) is 0 Å². The van der Waals surface area contributed by atoms with Crippen molar-refractivity contribution in [3.8, 4) is 5.75 Å². The Morgan fingerprint density at radius 2 is 1.76 bits per heavy atom. The van der Waals surface area contributed by atoms with E-state index in [4.69, 9.17) is 9.47 Å². The zero-order chi connectivity index (χ0) is 15.2. The minimum Gasteiger partial charge on any atom is -0.491 e. The predicted octanol–water partition coefficient (Wildman–Crippen LogP) is 4.16. The van der Waals surface area contributed by atoms with Crippen LogP contribution in [0.1, 0.15) is 51.0 Å². The molecule has 1 rings (SSSR count). The molecule has 0 saturated heterocycles. The van der Waals surface area contributed by atoms with E-state index in [0.717, 1.165) is 18.9 Å². The first kappa shape index (κ1) is 18.0. The van der Waals surface area contributed by atoms with Crippen LogP contribution in [0.4, 0.5) is 0 Å². The summed E-state index contributed by atoms with van der Waals surface area (Å²) >= 11 is 0. The minimum atomic E-state index is 0.624. The minimum absolute atomic E-state index is 0.624. The van der Waals surface area contributed by atoms with Gasteiger partial charge in [0.15, 0.2) is 0 Å². The Morgan fingerprint density at radius 3 is 2.57 bits per heavy atom. The number of ether oxygens (including phenoxy) is 2. The maximum absolute atomic E-state index is 5.70. The Morgan fingerprint density at radius 1 is 0.952 bits per heavy atom. The van der Waals surface area contributed by atoms with Crippen molar-refractivity contribution in [2.75, 3.05) is 26.9 Å². The second-order valence-corrected chi connectivity index (χ2v) is 5.41. The molecule has 0 atom stereocenters. The highest BCUT2D eigenvalue weighted by Gasteiger charge is 1.97. The second-order valence-electron chi connectivity index (χ2n) is 5.41. The van der Waals surface area contributed by atoms with Gasteiger partial charge in [-0.1, -0.05) is 51.2 Å². The fourth-order valence-electron chi connectivity index (χ4n) is 2.25. The van der Waals surface area contributed by atoms with Crippen LogP contribution in [0.2, 0.25) is 0 Å². The molecule has 1 N–H and O–H groups in total. The largest absolute Gasteiger partial charge is 0.491 e. The third kappa shape index (κ3) is 9.48. The van der Waals surface area contributed by atoms with Gasteiger partial charge in [0, 0.05) is 13.2 Å². The molecular formula is C18H31NO2. The Kier molecular flexibility index (Phi) is 10.8. The van der Waals surface area contributed by atoms with Gasteiger partial charge in [-0.3, -0.25) is 0 Å². The average molecular weight is 293 g/mol. The first-order valence-corrected chi connectivity index (χ1v) is 8.31. The summed E-state index contributed by atoms with van der Waals surface area (Å²) in [7, 11) is 1.95. The summed E-state index contributed by atoms with van der Waals surface area (Å²) in [5.74, 6) is 0.922. The lowest BCUT2D eigenvalue weighted by Crippen LogP contribution is -2.08.